The van der Waals surface area contributed by atoms with E-state index in [9.17, 15) is 4.39 Å². The summed E-state index contributed by atoms with van der Waals surface area (Å²) in [7, 11) is 0. The van der Waals surface area contributed by atoms with Crippen LogP contribution in [0.1, 0.15) is 37.8 Å². The molecular weight excluding hydrogens is 265 g/mol. The molecule has 1 heterocycles. The molecule has 1 fully saturated rings. The standard InChI is InChI=1S/C17H24FN3/c1-13(2)10-21(12-16-7-4-8-20-16)11-15-6-3-5-14(9-19)17(15)18/h3,5-6,13,16,20H,4,7-8,10-12H2,1-2H3. The molecule has 0 aliphatic carbocycles. The predicted molar refractivity (Wildman–Crippen MR) is 82.3 cm³/mol. The lowest BCUT2D eigenvalue weighted by Crippen LogP contribution is -2.39. The number of halogens is 1. The van der Waals surface area contributed by atoms with Crippen molar-refractivity contribution in [2.75, 3.05) is 19.6 Å². The van der Waals surface area contributed by atoms with E-state index in [0.29, 0.717) is 24.1 Å². The summed E-state index contributed by atoms with van der Waals surface area (Å²) in [4.78, 5) is 2.30. The molecule has 114 valence electrons. The molecule has 0 radical (unpaired) electrons. The van der Waals surface area contributed by atoms with Gasteiger partial charge in [-0.2, -0.15) is 5.26 Å². The van der Waals surface area contributed by atoms with E-state index in [2.05, 4.69) is 24.1 Å². The van der Waals surface area contributed by atoms with Crippen molar-refractivity contribution in [1.29, 1.82) is 5.26 Å². The average molecular weight is 289 g/mol. The fourth-order valence-electron chi connectivity index (χ4n) is 2.97. The summed E-state index contributed by atoms with van der Waals surface area (Å²) in [5, 5.41) is 12.4. The predicted octanol–water partition coefficient (Wildman–Crippen LogP) is 2.91. The zero-order chi connectivity index (χ0) is 15.2. The van der Waals surface area contributed by atoms with E-state index < -0.39 is 0 Å². The van der Waals surface area contributed by atoms with E-state index in [-0.39, 0.29) is 11.4 Å². The normalized spacial score (nSPS) is 18.4. The van der Waals surface area contributed by atoms with Gasteiger partial charge < -0.3 is 5.32 Å². The molecule has 1 aromatic rings. The smallest absolute Gasteiger partial charge is 0.145 e. The Morgan fingerprint density at radius 1 is 1.48 bits per heavy atom. The number of rotatable bonds is 6. The van der Waals surface area contributed by atoms with Crippen molar-refractivity contribution in [1.82, 2.24) is 10.2 Å². The van der Waals surface area contributed by atoms with Gasteiger partial charge in [-0.15, -0.1) is 0 Å². The van der Waals surface area contributed by atoms with Gasteiger partial charge in [-0.05, 0) is 31.4 Å². The molecule has 2 rings (SSSR count). The summed E-state index contributed by atoms with van der Waals surface area (Å²) in [6.45, 7) is 7.88. The second-order valence-electron chi connectivity index (χ2n) is 6.27. The van der Waals surface area contributed by atoms with Crippen LogP contribution in [-0.4, -0.2) is 30.6 Å². The number of nitrogens with one attached hydrogen (secondary N) is 1. The van der Waals surface area contributed by atoms with Crippen LogP contribution in [0.25, 0.3) is 0 Å². The molecule has 3 nitrogen and oxygen atoms in total. The van der Waals surface area contributed by atoms with Crippen LogP contribution < -0.4 is 5.32 Å². The van der Waals surface area contributed by atoms with Gasteiger partial charge in [0.25, 0.3) is 0 Å². The highest BCUT2D eigenvalue weighted by atomic mass is 19.1. The first kappa shape index (κ1) is 15.9. The van der Waals surface area contributed by atoms with Crippen LogP contribution in [0.5, 0.6) is 0 Å². The molecule has 1 aromatic carbocycles. The molecular formula is C17H24FN3. The van der Waals surface area contributed by atoms with Gasteiger partial charge >= 0.3 is 0 Å². The van der Waals surface area contributed by atoms with Crippen molar-refractivity contribution in [3.8, 4) is 6.07 Å². The van der Waals surface area contributed by atoms with Gasteiger partial charge in [0.15, 0.2) is 0 Å². The number of hydrogen-bond donors (Lipinski definition) is 1. The summed E-state index contributed by atoms with van der Waals surface area (Å²) in [6.07, 6.45) is 2.41. The monoisotopic (exact) mass is 289 g/mol. The number of benzene rings is 1. The summed E-state index contributed by atoms with van der Waals surface area (Å²) in [6, 6.07) is 7.50. The summed E-state index contributed by atoms with van der Waals surface area (Å²) >= 11 is 0. The van der Waals surface area contributed by atoms with Crippen molar-refractivity contribution in [3.63, 3.8) is 0 Å². The zero-order valence-corrected chi connectivity index (χ0v) is 12.9. The molecule has 0 saturated carbocycles. The molecule has 1 aliphatic heterocycles. The lowest BCUT2D eigenvalue weighted by Gasteiger charge is -2.27. The maximum absolute atomic E-state index is 14.2. The first-order valence-electron chi connectivity index (χ1n) is 7.73. The van der Waals surface area contributed by atoms with E-state index in [1.54, 1.807) is 12.1 Å². The van der Waals surface area contributed by atoms with Crippen molar-refractivity contribution < 1.29 is 4.39 Å². The topological polar surface area (TPSA) is 39.1 Å². The summed E-state index contributed by atoms with van der Waals surface area (Å²) < 4.78 is 14.2. The van der Waals surface area contributed by atoms with Crippen molar-refractivity contribution in [2.24, 2.45) is 5.92 Å². The van der Waals surface area contributed by atoms with Gasteiger partial charge in [-0.3, -0.25) is 4.90 Å². The molecule has 0 amide bonds. The van der Waals surface area contributed by atoms with Gasteiger partial charge in [-0.25, -0.2) is 4.39 Å². The van der Waals surface area contributed by atoms with Gasteiger partial charge in [0, 0.05) is 31.2 Å². The largest absolute Gasteiger partial charge is 0.313 e. The van der Waals surface area contributed by atoms with Crippen LogP contribution in [0, 0.1) is 23.1 Å². The van der Waals surface area contributed by atoms with Gasteiger partial charge in [0.1, 0.15) is 11.9 Å². The quantitative estimate of drug-likeness (QED) is 0.875. The number of nitriles is 1. The minimum Gasteiger partial charge on any atom is -0.313 e. The molecule has 0 spiro atoms. The second-order valence-corrected chi connectivity index (χ2v) is 6.27. The third kappa shape index (κ3) is 4.52. The third-order valence-corrected chi connectivity index (χ3v) is 3.86. The van der Waals surface area contributed by atoms with Crippen molar-refractivity contribution in [2.45, 2.75) is 39.3 Å². The maximum Gasteiger partial charge on any atom is 0.145 e. The molecule has 4 heteroatoms. The van der Waals surface area contributed by atoms with E-state index >= 15 is 0 Å². The Labute approximate surface area is 126 Å². The van der Waals surface area contributed by atoms with Gasteiger partial charge in [-0.1, -0.05) is 26.0 Å². The fraction of sp³-hybridized carbons (Fsp3) is 0.588. The van der Waals surface area contributed by atoms with Gasteiger partial charge in [0.2, 0.25) is 0 Å². The maximum atomic E-state index is 14.2. The average Bonchev–Trinajstić information content (AvgIpc) is 2.93. The van der Waals surface area contributed by atoms with Crippen molar-refractivity contribution >= 4 is 0 Å². The van der Waals surface area contributed by atoms with E-state index in [0.717, 1.165) is 19.6 Å². The third-order valence-electron chi connectivity index (χ3n) is 3.86. The van der Waals surface area contributed by atoms with Crippen molar-refractivity contribution in [3.05, 3.63) is 35.1 Å². The van der Waals surface area contributed by atoms with Crippen LogP contribution in [0.15, 0.2) is 18.2 Å². The molecule has 1 aliphatic rings. The first-order valence-corrected chi connectivity index (χ1v) is 7.73. The highest BCUT2D eigenvalue weighted by Crippen LogP contribution is 2.17. The zero-order valence-electron chi connectivity index (χ0n) is 12.9. The van der Waals surface area contributed by atoms with Crippen LogP contribution in [0.4, 0.5) is 4.39 Å². The van der Waals surface area contributed by atoms with E-state index in [4.69, 9.17) is 5.26 Å². The number of hydrogen-bond acceptors (Lipinski definition) is 3. The molecule has 1 unspecified atom stereocenters. The van der Waals surface area contributed by atoms with Crippen LogP contribution >= 0.6 is 0 Å². The van der Waals surface area contributed by atoms with E-state index in [1.165, 1.54) is 18.9 Å². The molecule has 21 heavy (non-hydrogen) atoms. The first-order chi connectivity index (χ1) is 10.1. The lowest BCUT2D eigenvalue weighted by molar-refractivity contribution is 0.213. The molecule has 1 N–H and O–H groups in total. The Hall–Kier alpha value is -1.44. The molecule has 1 saturated heterocycles. The minimum atomic E-state index is -0.367. The van der Waals surface area contributed by atoms with Crippen LogP contribution in [-0.2, 0) is 6.54 Å². The Morgan fingerprint density at radius 3 is 2.90 bits per heavy atom. The van der Waals surface area contributed by atoms with Crippen LogP contribution in [0.2, 0.25) is 0 Å². The van der Waals surface area contributed by atoms with E-state index in [1.807, 2.05) is 6.07 Å². The Bertz CT molecular complexity index is 501. The molecule has 0 bridgehead atoms. The Kier molecular flexibility index (Phi) is 5.72. The van der Waals surface area contributed by atoms with Crippen LogP contribution in [0.3, 0.4) is 0 Å². The highest BCUT2D eigenvalue weighted by Gasteiger charge is 2.20. The number of nitrogens with zero attached hydrogens (tertiary/aromatic N) is 2. The molecule has 1 atom stereocenters. The van der Waals surface area contributed by atoms with Gasteiger partial charge in [0.05, 0.1) is 5.56 Å². The Balaban J connectivity index is 2.08. The fourth-order valence-corrected chi connectivity index (χ4v) is 2.97. The summed E-state index contributed by atoms with van der Waals surface area (Å²) in [5.41, 5.74) is 0.753. The molecule has 0 aromatic heterocycles. The highest BCUT2D eigenvalue weighted by molar-refractivity contribution is 5.34. The lowest BCUT2D eigenvalue weighted by atomic mass is 10.1. The minimum absolute atomic E-state index is 0.135. The summed E-state index contributed by atoms with van der Waals surface area (Å²) in [5.74, 6) is 0.168. The second kappa shape index (κ2) is 7.53. The SMILES string of the molecule is CC(C)CN(Cc1cccc(C#N)c1F)CC1CCCN1. The Morgan fingerprint density at radius 2 is 2.29 bits per heavy atom.